The van der Waals surface area contributed by atoms with Gasteiger partial charge in [-0.2, -0.15) is 10.5 Å². The van der Waals surface area contributed by atoms with Gasteiger partial charge in [0.1, 0.15) is 12.1 Å². The lowest BCUT2D eigenvalue weighted by Gasteiger charge is -1.89. The molecule has 0 aliphatic carbocycles. The maximum Gasteiger partial charge on any atom is 0.152 e. The van der Waals surface area contributed by atoms with Crippen molar-refractivity contribution in [3.63, 3.8) is 0 Å². The van der Waals surface area contributed by atoms with Crippen LogP contribution in [0.3, 0.4) is 0 Å². The SMILES string of the molecule is C=C(C#N)C(C#N)=NC/C=C/N. The van der Waals surface area contributed by atoms with E-state index in [9.17, 15) is 0 Å². The second kappa shape index (κ2) is 5.70. The zero-order valence-corrected chi connectivity index (χ0v) is 6.49. The van der Waals surface area contributed by atoms with Gasteiger partial charge >= 0.3 is 0 Å². The fourth-order valence-electron chi connectivity index (χ4n) is 0.456. The molecule has 0 heterocycles. The first-order valence-corrected chi connectivity index (χ1v) is 3.17. The van der Waals surface area contributed by atoms with Gasteiger partial charge in [-0.3, -0.25) is 4.99 Å². The first-order chi connectivity index (χ1) is 5.76. The minimum Gasteiger partial charge on any atom is -0.405 e. The van der Waals surface area contributed by atoms with Crippen molar-refractivity contribution in [3.05, 3.63) is 24.4 Å². The Morgan fingerprint density at radius 3 is 2.58 bits per heavy atom. The Hall–Kier alpha value is -2.07. The Balaban J connectivity index is 4.39. The van der Waals surface area contributed by atoms with Crippen molar-refractivity contribution in [1.82, 2.24) is 0 Å². The van der Waals surface area contributed by atoms with Crippen LogP contribution in [-0.4, -0.2) is 12.3 Å². The topological polar surface area (TPSA) is 86.0 Å². The molecule has 0 rings (SSSR count). The molecule has 4 heteroatoms. The molecule has 0 saturated carbocycles. The maximum atomic E-state index is 8.48. The van der Waals surface area contributed by atoms with Gasteiger partial charge in [0.05, 0.1) is 12.1 Å². The maximum absolute atomic E-state index is 8.48. The Morgan fingerprint density at radius 1 is 1.50 bits per heavy atom. The average molecular weight is 160 g/mol. The Labute approximate surface area is 70.9 Å². The third kappa shape index (κ3) is 3.19. The van der Waals surface area contributed by atoms with Gasteiger partial charge < -0.3 is 5.73 Å². The number of hydrogen-bond donors (Lipinski definition) is 1. The summed E-state index contributed by atoms with van der Waals surface area (Å²) in [6.07, 6.45) is 2.90. The zero-order chi connectivity index (χ0) is 9.40. The van der Waals surface area contributed by atoms with Crippen LogP contribution in [0.25, 0.3) is 0 Å². The molecule has 60 valence electrons. The predicted octanol–water partition coefficient (Wildman–Crippen LogP) is 0.503. The number of rotatable bonds is 3. The van der Waals surface area contributed by atoms with Crippen molar-refractivity contribution >= 4 is 5.71 Å². The molecule has 0 aromatic heterocycles. The molecule has 0 aliphatic heterocycles. The standard InChI is InChI=1S/C8H8N4/c1-7(5-10)8(6-11)12-4-2-3-9/h2-3H,1,4,9H2/b3-2+,12-8?. The van der Waals surface area contributed by atoms with Gasteiger partial charge in [0.25, 0.3) is 0 Å². The minimum atomic E-state index is 0.0515. The molecule has 0 amide bonds. The lowest BCUT2D eigenvalue weighted by molar-refractivity contribution is 1.23. The predicted molar refractivity (Wildman–Crippen MR) is 46.0 cm³/mol. The normalized spacial score (nSPS) is 10.7. The summed E-state index contributed by atoms with van der Waals surface area (Å²) >= 11 is 0. The van der Waals surface area contributed by atoms with Gasteiger partial charge in [-0.25, -0.2) is 0 Å². The van der Waals surface area contributed by atoms with Crippen LogP contribution in [0, 0.1) is 22.7 Å². The largest absolute Gasteiger partial charge is 0.405 e. The molecule has 0 spiro atoms. The molecule has 0 unspecified atom stereocenters. The van der Waals surface area contributed by atoms with Gasteiger partial charge in [-0.15, -0.1) is 0 Å². The Bertz CT molecular complexity index is 298. The van der Waals surface area contributed by atoms with Crippen molar-refractivity contribution in [1.29, 1.82) is 10.5 Å². The van der Waals surface area contributed by atoms with Crippen molar-refractivity contribution in [2.45, 2.75) is 0 Å². The van der Waals surface area contributed by atoms with E-state index in [2.05, 4.69) is 11.6 Å². The lowest BCUT2D eigenvalue weighted by Crippen LogP contribution is -1.97. The highest BCUT2D eigenvalue weighted by atomic mass is 14.7. The first-order valence-electron chi connectivity index (χ1n) is 3.17. The number of hydrogen-bond acceptors (Lipinski definition) is 4. The quantitative estimate of drug-likeness (QED) is 0.481. The van der Waals surface area contributed by atoms with E-state index in [1.807, 2.05) is 0 Å². The second-order valence-corrected chi connectivity index (χ2v) is 1.82. The van der Waals surface area contributed by atoms with E-state index in [-0.39, 0.29) is 11.3 Å². The zero-order valence-electron chi connectivity index (χ0n) is 6.49. The fraction of sp³-hybridized carbons (Fsp3) is 0.125. The molecule has 2 N–H and O–H groups in total. The van der Waals surface area contributed by atoms with Gasteiger partial charge in [-0.05, 0) is 12.3 Å². The van der Waals surface area contributed by atoms with E-state index in [1.165, 1.54) is 6.20 Å². The van der Waals surface area contributed by atoms with E-state index in [4.69, 9.17) is 16.3 Å². The average Bonchev–Trinajstić information content (AvgIpc) is 2.11. The summed E-state index contributed by atoms with van der Waals surface area (Å²) < 4.78 is 0. The van der Waals surface area contributed by atoms with E-state index in [0.717, 1.165) is 0 Å². The molecule has 0 bridgehead atoms. The monoisotopic (exact) mass is 160 g/mol. The third-order valence-electron chi connectivity index (χ3n) is 1.02. The summed E-state index contributed by atoms with van der Waals surface area (Å²) in [7, 11) is 0. The molecule has 0 aromatic carbocycles. The van der Waals surface area contributed by atoms with Gasteiger partial charge in [0.15, 0.2) is 5.71 Å². The molecule has 4 nitrogen and oxygen atoms in total. The van der Waals surface area contributed by atoms with E-state index >= 15 is 0 Å². The van der Waals surface area contributed by atoms with Gasteiger partial charge in [0, 0.05) is 0 Å². The molecule has 0 saturated heterocycles. The van der Waals surface area contributed by atoms with E-state index in [0.29, 0.717) is 6.54 Å². The van der Waals surface area contributed by atoms with Crippen LogP contribution in [0.2, 0.25) is 0 Å². The van der Waals surface area contributed by atoms with E-state index in [1.54, 1.807) is 18.2 Å². The van der Waals surface area contributed by atoms with Crippen LogP contribution in [0.1, 0.15) is 0 Å². The molecule has 12 heavy (non-hydrogen) atoms. The second-order valence-electron chi connectivity index (χ2n) is 1.82. The first kappa shape index (κ1) is 9.93. The summed E-state index contributed by atoms with van der Waals surface area (Å²) in [5, 5.41) is 16.8. The highest BCUT2D eigenvalue weighted by Crippen LogP contribution is 1.92. The molecular formula is C8H8N4. The van der Waals surface area contributed by atoms with Crippen LogP contribution in [0.15, 0.2) is 29.4 Å². The minimum absolute atomic E-state index is 0.0515. The third-order valence-corrected chi connectivity index (χ3v) is 1.02. The van der Waals surface area contributed by atoms with Crippen molar-refractivity contribution in [2.75, 3.05) is 6.54 Å². The van der Waals surface area contributed by atoms with Gasteiger partial charge in [0.2, 0.25) is 0 Å². The highest BCUT2D eigenvalue weighted by Gasteiger charge is 1.99. The van der Waals surface area contributed by atoms with Crippen LogP contribution >= 0.6 is 0 Å². The molecular weight excluding hydrogens is 152 g/mol. The van der Waals surface area contributed by atoms with Gasteiger partial charge in [-0.1, -0.05) is 6.58 Å². The number of nitrogens with two attached hydrogens (primary N) is 1. The molecule has 0 atom stereocenters. The van der Waals surface area contributed by atoms with Crippen LogP contribution < -0.4 is 5.73 Å². The number of aliphatic imine (C=N–C) groups is 1. The van der Waals surface area contributed by atoms with Crippen molar-refractivity contribution < 1.29 is 0 Å². The molecule has 0 aromatic rings. The summed E-state index contributed by atoms with van der Waals surface area (Å²) in [4.78, 5) is 3.77. The highest BCUT2D eigenvalue weighted by molar-refractivity contribution is 6.13. The molecule has 0 radical (unpaired) electrons. The summed E-state index contributed by atoms with van der Waals surface area (Å²) in [5.74, 6) is 0. The lowest BCUT2D eigenvalue weighted by atomic mass is 10.2. The van der Waals surface area contributed by atoms with E-state index < -0.39 is 0 Å². The Kier molecular flexibility index (Phi) is 4.71. The molecule has 0 aliphatic rings. The fourth-order valence-corrected chi connectivity index (χ4v) is 0.456. The summed E-state index contributed by atoms with van der Waals surface area (Å²) in [6, 6.07) is 3.50. The Morgan fingerprint density at radius 2 is 2.17 bits per heavy atom. The summed E-state index contributed by atoms with van der Waals surface area (Å²) in [6.45, 7) is 3.65. The van der Waals surface area contributed by atoms with Crippen LogP contribution in [0.4, 0.5) is 0 Å². The van der Waals surface area contributed by atoms with Crippen LogP contribution in [-0.2, 0) is 0 Å². The number of nitrogens with zero attached hydrogens (tertiary/aromatic N) is 3. The number of nitriles is 2. The number of allylic oxidation sites excluding steroid dienone is 1. The van der Waals surface area contributed by atoms with Crippen molar-refractivity contribution in [3.8, 4) is 12.1 Å². The van der Waals surface area contributed by atoms with Crippen LogP contribution in [0.5, 0.6) is 0 Å². The van der Waals surface area contributed by atoms with Crippen molar-refractivity contribution in [2.24, 2.45) is 10.7 Å². The molecule has 0 fully saturated rings. The smallest absolute Gasteiger partial charge is 0.152 e. The summed E-state index contributed by atoms with van der Waals surface area (Å²) in [5.41, 5.74) is 5.17.